The van der Waals surface area contributed by atoms with Gasteiger partial charge in [0.05, 0.1) is 6.61 Å². The van der Waals surface area contributed by atoms with Crippen LogP contribution in [0.1, 0.15) is 199 Å². The van der Waals surface area contributed by atoms with Crippen molar-refractivity contribution < 1.29 is 24.9 Å². The lowest BCUT2D eigenvalue weighted by atomic mass is 10.0. The van der Waals surface area contributed by atoms with Crippen molar-refractivity contribution in [2.45, 2.75) is 218 Å². The predicted octanol–water partition coefficient (Wildman–Crippen LogP) is 9.13. The minimum absolute atomic E-state index is 0.136. The van der Waals surface area contributed by atoms with Gasteiger partial charge in [0.2, 0.25) is 5.91 Å². The monoisotopic (exact) mass is 692 g/mol. The number of aliphatic hydroxyl groups excluding tert-OH is 3. The quantitative estimate of drug-likeness (QED) is 0.0571. The van der Waals surface area contributed by atoms with E-state index in [9.17, 15) is 24.9 Å². The molecule has 0 aromatic carbocycles. The molecule has 1 aromatic heterocycles. The van der Waals surface area contributed by atoms with Gasteiger partial charge in [-0.25, -0.2) is 4.79 Å². The van der Waals surface area contributed by atoms with Crippen LogP contribution in [-0.2, 0) is 9.53 Å². The van der Waals surface area contributed by atoms with Crippen molar-refractivity contribution in [2.75, 3.05) is 11.9 Å². The van der Waals surface area contributed by atoms with Crippen LogP contribution in [0.3, 0.4) is 0 Å². The highest BCUT2D eigenvalue weighted by atomic mass is 16.5. The predicted molar refractivity (Wildman–Crippen MR) is 200 cm³/mol. The number of nitrogens with zero attached hydrogens (tertiary/aromatic N) is 2. The lowest BCUT2D eigenvalue weighted by Gasteiger charge is -2.35. The molecule has 0 unspecified atom stereocenters. The van der Waals surface area contributed by atoms with E-state index < -0.39 is 30.2 Å². The summed E-state index contributed by atoms with van der Waals surface area (Å²) in [5.41, 5.74) is -0.726. The Hall–Kier alpha value is -1.81. The first-order chi connectivity index (χ1) is 23.9. The molecule has 1 fully saturated rings. The molecule has 49 heavy (non-hydrogen) atoms. The highest BCUT2D eigenvalue weighted by Gasteiger charge is 2.39. The topological polar surface area (TPSA) is 134 Å². The van der Waals surface area contributed by atoms with E-state index in [1.165, 1.54) is 173 Å². The van der Waals surface area contributed by atoms with Gasteiger partial charge in [0.15, 0.2) is 6.23 Å². The summed E-state index contributed by atoms with van der Waals surface area (Å²) in [6.45, 7) is 2.08. The number of anilines is 1. The maximum atomic E-state index is 12.4. The first kappa shape index (κ1) is 43.4. The smallest absolute Gasteiger partial charge is 0.351 e. The average molecular weight is 692 g/mol. The zero-order valence-corrected chi connectivity index (χ0v) is 31.1. The Bertz CT molecular complexity index is 1000. The maximum absolute atomic E-state index is 12.4. The van der Waals surface area contributed by atoms with Gasteiger partial charge in [-0.3, -0.25) is 9.36 Å². The number of hydrogen-bond acceptors (Lipinski definition) is 7. The summed E-state index contributed by atoms with van der Waals surface area (Å²) < 4.78 is 6.34. The molecule has 4 atom stereocenters. The van der Waals surface area contributed by atoms with Crippen LogP contribution in [0, 0.1) is 0 Å². The summed E-state index contributed by atoms with van der Waals surface area (Å²) in [7, 11) is 0. The standard InChI is InChI=1S/C40H73N3O6/c1-2-3-4-5-6-7-8-9-10-11-12-13-14-15-16-17-18-19-20-21-22-23-24-25-26-27-28-29-30-36(45)41-35-31-32-43(40(48)42-35)39-38(47)37(46)34(44)33-49-39/h31-32,34,37-39,44,46-47H,2-30,33H2,1H3,(H,41,42,45,48)/t34-,37-,38+,39-/m1/s1. The lowest BCUT2D eigenvalue weighted by Crippen LogP contribution is -2.52. The molecule has 0 saturated carbocycles. The molecule has 2 rings (SSSR count). The molecule has 1 aliphatic heterocycles. The molecular weight excluding hydrogens is 618 g/mol. The van der Waals surface area contributed by atoms with Gasteiger partial charge in [-0.05, 0) is 12.5 Å². The molecule has 1 saturated heterocycles. The Labute approximate surface area is 298 Å². The van der Waals surface area contributed by atoms with Gasteiger partial charge < -0.3 is 25.4 Å². The maximum Gasteiger partial charge on any atom is 0.351 e. The Kier molecular flexibility index (Phi) is 25.5. The van der Waals surface area contributed by atoms with Crippen LogP contribution < -0.4 is 11.0 Å². The normalized spacial score (nSPS) is 19.3. The van der Waals surface area contributed by atoms with Crippen molar-refractivity contribution in [1.29, 1.82) is 0 Å². The van der Waals surface area contributed by atoms with Crippen molar-refractivity contribution in [1.82, 2.24) is 9.55 Å². The van der Waals surface area contributed by atoms with Gasteiger partial charge in [0, 0.05) is 12.6 Å². The number of carbonyl (C=O) groups is 1. The molecule has 1 aliphatic rings. The minimum atomic E-state index is -1.48. The Balaban J connectivity index is 1.30. The van der Waals surface area contributed by atoms with Gasteiger partial charge in [-0.15, -0.1) is 0 Å². The Morgan fingerprint density at radius 3 is 1.45 bits per heavy atom. The van der Waals surface area contributed by atoms with Gasteiger partial charge in [0.25, 0.3) is 0 Å². The number of hydrogen-bond donors (Lipinski definition) is 4. The molecule has 9 heteroatoms. The third-order valence-electron chi connectivity index (χ3n) is 10.1. The van der Waals surface area contributed by atoms with Crippen LogP contribution in [0.15, 0.2) is 17.1 Å². The van der Waals surface area contributed by atoms with Gasteiger partial charge in [0.1, 0.15) is 24.1 Å². The number of unbranched alkanes of at least 4 members (excludes halogenated alkanes) is 27. The molecule has 0 bridgehead atoms. The second-order valence-corrected chi connectivity index (χ2v) is 14.6. The van der Waals surface area contributed by atoms with E-state index in [0.717, 1.165) is 23.8 Å². The van der Waals surface area contributed by atoms with E-state index in [2.05, 4.69) is 17.2 Å². The second kappa shape index (κ2) is 28.8. The molecule has 1 aromatic rings. The number of aliphatic hydroxyl groups is 3. The zero-order chi connectivity index (χ0) is 35.4. The van der Waals surface area contributed by atoms with Crippen LogP contribution in [0.5, 0.6) is 0 Å². The molecule has 4 N–H and O–H groups in total. The lowest BCUT2D eigenvalue weighted by molar-refractivity contribution is -0.212. The minimum Gasteiger partial charge on any atom is -0.388 e. The van der Waals surface area contributed by atoms with Gasteiger partial charge in [-0.1, -0.05) is 180 Å². The molecule has 1 amide bonds. The van der Waals surface area contributed by atoms with E-state index in [-0.39, 0.29) is 18.3 Å². The molecule has 2 heterocycles. The summed E-state index contributed by atoms with van der Waals surface area (Å²) in [6, 6.07) is 1.45. The fourth-order valence-corrected chi connectivity index (χ4v) is 6.87. The fraction of sp³-hybridized carbons (Fsp3) is 0.875. The first-order valence-electron chi connectivity index (χ1n) is 20.5. The molecule has 0 aliphatic carbocycles. The van der Waals surface area contributed by atoms with Crippen molar-refractivity contribution >= 4 is 11.7 Å². The van der Waals surface area contributed by atoms with Crippen LogP contribution in [0.25, 0.3) is 0 Å². The third-order valence-corrected chi connectivity index (χ3v) is 10.1. The van der Waals surface area contributed by atoms with E-state index >= 15 is 0 Å². The Morgan fingerprint density at radius 2 is 1.06 bits per heavy atom. The summed E-state index contributed by atoms with van der Waals surface area (Å²) in [5, 5.41) is 32.2. The largest absolute Gasteiger partial charge is 0.388 e. The van der Waals surface area contributed by atoms with Gasteiger partial charge >= 0.3 is 5.69 Å². The number of nitrogens with one attached hydrogen (secondary N) is 1. The summed E-state index contributed by atoms with van der Waals surface area (Å²) in [5.74, 6) is -0.0516. The summed E-state index contributed by atoms with van der Waals surface area (Å²) in [4.78, 5) is 28.6. The number of ether oxygens (including phenoxy) is 1. The van der Waals surface area contributed by atoms with Gasteiger partial charge in [-0.2, -0.15) is 4.98 Å². The van der Waals surface area contributed by atoms with Crippen molar-refractivity contribution in [2.24, 2.45) is 0 Å². The second-order valence-electron chi connectivity index (χ2n) is 14.6. The van der Waals surface area contributed by atoms with E-state index in [1.807, 2.05) is 0 Å². The molecule has 9 nitrogen and oxygen atoms in total. The Morgan fingerprint density at radius 1 is 0.673 bits per heavy atom. The molecule has 0 spiro atoms. The van der Waals surface area contributed by atoms with Crippen LogP contribution in [0.2, 0.25) is 0 Å². The van der Waals surface area contributed by atoms with Crippen molar-refractivity contribution in [3.8, 4) is 0 Å². The molecule has 284 valence electrons. The van der Waals surface area contributed by atoms with Crippen LogP contribution in [-0.4, -0.2) is 55.7 Å². The van der Waals surface area contributed by atoms with Crippen molar-refractivity contribution in [3.63, 3.8) is 0 Å². The summed E-state index contributed by atoms with van der Waals surface area (Å²) >= 11 is 0. The summed E-state index contributed by atoms with van der Waals surface area (Å²) in [6.07, 6.45) is 34.4. The number of carbonyl (C=O) groups excluding carboxylic acids is 1. The zero-order valence-electron chi connectivity index (χ0n) is 31.1. The first-order valence-corrected chi connectivity index (χ1v) is 20.5. The van der Waals surface area contributed by atoms with E-state index in [1.54, 1.807) is 0 Å². The average Bonchev–Trinajstić information content (AvgIpc) is 3.09. The number of aromatic nitrogens is 2. The highest BCUT2D eigenvalue weighted by Crippen LogP contribution is 2.23. The van der Waals surface area contributed by atoms with Crippen molar-refractivity contribution in [3.05, 3.63) is 22.7 Å². The highest BCUT2D eigenvalue weighted by molar-refractivity contribution is 5.89. The van der Waals surface area contributed by atoms with E-state index in [4.69, 9.17) is 4.74 Å². The fourth-order valence-electron chi connectivity index (χ4n) is 6.87. The SMILES string of the molecule is CCCCCCCCCCCCCCCCCCCCCCCCCCCCCCC(=O)Nc1ccn([C@@H]2OC[C@@H](O)[C@@H](O)[C@@H]2O)c(=O)n1. The number of rotatable bonds is 31. The number of amides is 1. The van der Waals surface area contributed by atoms with E-state index in [0.29, 0.717) is 6.42 Å². The van der Waals surface area contributed by atoms with Crippen LogP contribution in [0.4, 0.5) is 5.82 Å². The van der Waals surface area contributed by atoms with Crippen LogP contribution >= 0.6 is 0 Å². The third kappa shape index (κ3) is 20.6. The molecule has 0 radical (unpaired) electrons. The molecular formula is C40H73N3O6.